The van der Waals surface area contributed by atoms with Gasteiger partial charge in [-0.2, -0.15) is 0 Å². The predicted molar refractivity (Wildman–Crippen MR) is 75.8 cm³/mol. The molecular weight excluding hydrogens is 280 g/mol. The molecule has 0 aliphatic rings. The van der Waals surface area contributed by atoms with Crippen molar-refractivity contribution in [1.29, 1.82) is 0 Å². The molecular formula is C14H18O5S. The molecule has 0 fully saturated rings. The molecule has 0 aliphatic heterocycles. The second kappa shape index (κ2) is 7.91. The average molecular weight is 298 g/mol. The molecule has 6 heteroatoms. The maximum absolute atomic E-state index is 11.3. The van der Waals surface area contributed by atoms with Crippen LogP contribution in [0.5, 0.6) is 0 Å². The van der Waals surface area contributed by atoms with Crippen LogP contribution in [-0.2, 0) is 20.7 Å². The summed E-state index contributed by atoms with van der Waals surface area (Å²) < 4.78 is 4.83. The van der Waals surface area contributed by atoms with Crippen molar-refractivity contribution in [2.75, 3.05) is 12.9 Å². The zero-order valence-corrected chi connectivity index (χ0v) is 12.3. The molecule has 0 saturated carbocycles. The number of hydrogen-bond donors (Lipinski definition) is 2. The van der Waals surface area contributed by atoms with Crippen LogP contribution in [0.25, 0.3) is 0 Å². The largest absolute Gasteiger partial charge is 0.479 e. The van der Waals surface area contributed by atoms with E-state index in [-0.39, 0.29) is 12.4 Å². The van der Waals surface area contributed by atoms with Crippen LogP contribution < -0.4 is 0 Å². The van der Waals surface area contributed by atoms with Crippen LogP contribution in [0.15, 0.2) is 23.1 Å². The van der Waals surface area contributed by atoms with Gasteiger partial charge in [0.05, 0.1) is 6.61 Å². The van der Waals surface area contributed by atoms with E-state index in [1.807, 2.05) is 12.3 Å². The number of aliphatic carboxylic acids is 1. The maximum atomic E-state index is 11.3. The molecule has 0 heterocycles. The Morgan fingerprint density at radius 2 is 2.10 bits per heavy atom. The average Bonchev–Trinajstić information content (AvgIpc) is 2.44. The number of carbonyl (C=O) groups excluding carboxylic acids is 1. The minimum Gasteiger partial charge on any atom is -0.479 e. The number of carbonyl (C=O) groups is 2. The SMILES string of the molecule is CCOC(=O)CCc1ccc(SC)cc1C(O)C(=O)O. The third-order valence-electron chi connectivity index (χ3n) is 2.79. The molecule has 110 valence electrons. The number of ether oxygens (including phenoxy) is 1. The van der Waals surface area contributed by atoms with E-state index in [1.54, 1.807) is 19.1 Å². The van der Waals surface area contributed by atoms with Gasteiger partial charge in [0.1, 0.15) is 0 Å². The van der Waals surface area contributed by atoms with Crippen LogP contribution in [0.1, 0.15) is 30.6 Å². The smallest absolute Gasteiger partial charge is 0.337 e. The van der Waals surface area contributed by atoms with Crippen LogP contribution in [-0.4, -0.2) is 35.0 Å². The number of hydrogen-bond acceptors (Lipinski definition) is 5. The number of carboxylic acids is 1. The first kappa shape index (κ1) is 16.5. The third-order valence-corrected chi connectivity index (χ3v) is 3.51. The quantitative estimate of drug-likeness (QED) is 0.592. The lowest BCUT2D eigenvalue weighted by Gasteiger charge is -2.13. The van der Waals surface area contributed by atoms with Crippen molar-refractivity contribution in [2.24, 2.45) is 0 Å². The number of aliphatic hydroxyl groups is 1. The van der Waals surface area contributed by atoms with Gasteiger partial charge in [-0.25, -0.2) is 4.79 Å². The molecule has 2 N–H and O–H groups in total. The van der Waals surface area contributed by atoms with Gasteiger partial charge in [0.2, 0.25) is 0 Å². The van der Waals surface area contributed by atoms with Gasteiger partial charge in [-0.15, -0.1) is 11.8 Å². The zero-order chi connectivity index (χ0) is 15.1. The number of benzene rings is 1. The van der Waals surface area contributed by atoms with Crippen molar-refractivity contribution in [2.45, 2.75) is 30.8 Å². The molecule has 0 radical (unpaired) electrons. The summed E-state index contributed by atoms with van der Waals surface area (Å²) in [6.45, 7) is 2.04. The molecule has 1 aromatic carbocycles. The molecule has 1 atom stereocenters. The number of aliphatic hydroxyl groups excluding tert-OH is 1. The van der Waals surface area contributed by atoms with Gasteiger partial charge >= 0.3 is 11.9 Å². The highest BCUT2D eigenvalue weighted by atomic mass is 32.2. The minimum atomic E-state index is -1.58. The number of thioether (sulfide) groups is 1. The number of rotatable bonds is 7. The molecule has 0 aliphatic carbocycles. The fourth-order valence-corrected chi connectivity index (χ4v) is 2.23. The Morgan fingerprint density at radius 3 is 2.65 bits per heavy atom. The molecule has 0 bridgehead atoms. The van der Waals surface area contributed by atoms with Gasteiger partial charge in [0, 0.05) is 11.3 Å². The van der Waals surface area contributed by atoms with Crippen LogP contribution in [0, 0.1) is 0 Å². The predicted octanol–water partition coefficient (Wildman–Crippen LogP) is 2.02. The maximum Gasteiger partial charge on any atom is 0.337 e. The van der Waals surface area contributed by atoms with Gasteiger partial charge in [0.15, 0.2) is 6.10 Å². The highest BCUT2D eigenvalue weighted by molar-refractivity contribution is 7.98. The molecule has 0 spiro atoms. The number of carboxylic acid groups (broad SMARTS) is 1. The van der Waals surface area contributed by atoms with E-state index in [2.05, 4.69) is 0 Å². The lowest BCUT2D eigenvalue weighted by Crippen LogP contribution is -2.14. The molecule has 5 nitrogen and oxygen atoms in total. The summed E-state index contributed by atoms with van der Waals surface area (Å²) in [6, 6.07) is 5.22. The Hall–Kier alpha value is -1.53. The molecule has 1 unspecified atom stereocenters. The lowest BCUT2D eigenvalue weighted by molar-refractivity contribution is -0.147. The van der Waals surface area contributed by atoms with Crippen LogP contribution in [0.3, 0.4) is 0 Å². The van der Waals surface area contributed by atoms with E-state index in [4.69, 9.17) is 9.84 Å². The van der Waals surface area contributed by atoms with Crippen molar-refractivity contribution in [1.82, 2.24) is 0 Å². The first-order valence-corrected chi connectivity index (χ1v) is 7.45. The van der Waals surface area contributed by atoms with Crippen molar-refractivity contribution in [3.05, 3.63) is 29.3 Å². The van der Waals surface area contributed by atoms with Gasteiger partial charge in [-0.3, -0.25) is 4.79 Å². The van der Waals surface area contributed by atoms with E-state index in [1.165, 1.54) is 11.8 Å². The fourth-order valence-electron chi connectivity index (χ4n) is 1.79. The first-order valence-electron chi connectivity index (χ1n) is 6.22. The van der Waals surface area contributed by atoms with Crippen molar-refractivity contribution in [3.63, 3.8) is 0 Å². The summed E-state index contributed by atoms with van der Waals surface area (Å²) >= 11 is 1.46. The van der Waals surface area contributed by atoms with Crippen molar-refractivity contribution in [3.8, 4) is 0 Å². The van der Waals surface area contributed by atoms with Crippen LogP contribution in [0.2, 0.25) is 0 Å². The fraction of sp³-hybridized carbons (Fsp3) is 0.429. The van der Waals surface area contributed by atoms with E-state index in [0.717, 1.165) is 4.90 Å². The van der Waals surface area contributed by atoms with Gasteiger partial charge in [-0.1, -0.05) is 6.07 Å². The summed E-state index contributed by atoms with van der Waals surface area (Å²) in [6.07, 6.45) is 0.781. The Kier molecular flexibility index (Phi) is 6.54. The summed E-state index contributed by atoms with van der Waals surface area (Å²) in [7, 11) is 0. The Labute approximate surface area is 121 Å². The first-order chi connectivity index (χ1) is 9.49. The summed E-state index contributed by atoms with van der Waals surface area (Å²) in [5.74, 6) is -1.64. The van der Waals surface area contributed by atoms with Crippen LogP contribution >= 0.6 is 11.8 Å². The Balaban J connectivity index is 2.93. The van der Waals surface area contributed by atoms with Gasteiger partial charge in [-0.05, 0) is 42.9 Å². The summed E-state index contributed by atoms with van der Waals surface area (Å²) in [5.41, 5.74) is 0.972. The zero-order valence-electron chi connectivity index (χ0n) is 11.5. The number of aryl methyl sites for hydroxylation is 1. The second-order valence-electron chi connectivity index (χ2n) is 4.11. The molecule has 20 heavy (non-hydrogen) atoms. The summed E-state index contributed by atoms with van der Waals surface area (Å²) in [4.78, 5) is 23.2. The highest BCUT2D eigenvalue weighted by Crippen LogP contribution is 2.25. The normalized spacial score (nSPS) is 11.9. The second-order valence-corrected chi connectivity index (χ2v) is 4.99. The van der Waals surface area contributed by atoms with E-state index in [9.17, 15) is 14.7 Å². The monoisotopic (exact) mass is 298 g/mol. The Morgan fingerprint density at radius 1 is 1.40 bits per heavy atom. The van der Waals surface area contributed by atoms with Crippen LogP contribution in [0.4, 0.5) is 0 Å². The van der Waals surface area contributed by atoms with Crippen molar-refractivity contribution < 1.29 is 24.5 Å². The van der Waals surface area contributed by atoms with E-state index in [0.29, 0.717) is 24.2 Å². The van der Waals surface area contributed by atoms with Crippen molar-refractivity contribution >= 4 is 23.7 Å². The van der Waals surface area contributed by atoms with Gasteiger partial charge < -0.3 is 14.9 Å². The molecule has 0 saturated heterocycles. The topological polar surface area (TPSA) is 83.8 Å². The van der Waals surface area contributed by atoms with Gasteiger partial charge in [0.25, 0.3) is 0 Å². The number of esters is 1. The van der Waals surface area contributed by atoms with E-state index >= 15 is 0 Å². The molecule has 0 amide bonds. The highest BCUT2D eigenvalue weighted by Gasteiger charge is 2.20. The standard InChI is InChI=1S/C14H18O5S/c1-3-19-12(15)7-5-9-4-6-10(20-2)8-11(9)13(16)14(17)18/h4,6,8,13,16H,3,5,7H2,1-2H3,(H,17,18). The minimum absolute atomic E-state index is 0.159. The third kappa shape index (κ3) is 4.54. The molecule has 1 aromatic rings. The molecule has 1 rings (SSSR count). The Bertz CT molecular complexity index is 486. The summed E-state index contributed by atoms with van der Waals surface area (Å²) in [5, 5.41) is 18.7. The molecule has 0 aromatic heterocycles. The van der Waals surface area contributed by atoms with E-state index < -0.39 is 12.1 Å². The lowest BCUT2D eigenvalue weighted by atomic mass is 9.98.